The van der Waals surface area contributed by atoms with Gasteiger partial charge in [0.15, 0.2) is 0 Å². The van der Waals surface area contributed by atoms with Crippen molar-refractivity contribution in [2.45, 2.75) is 103 Å². The molecule has 4 unspecified atom stereocenters. The molecule has 0 amide bonds. The zero-order chi connectivity index (χ0) is 21.2. The van der Waals surface area contributed by atoms with Crippen LogP contribution in [-0.4, -0.2) is 33.1 Å². The first-order valence-electron chi connectivity index (χ1n) is 11.6. The lowest BCUT2D eigenvalue weighted by molar-refractivity contribution is 0.0609. The van der Waals surface area contributed by atoms with Crippen LogP contribution in [0.1, 0.15) is 85.5 Å². The van der Waals surface area contributed by atoms with Crippen LogP contribution in [0.5, 0.6) is 0 Å². The highest BCUT2D eigenvalue weighted by molar-refractivity contribution is 5.26. The molecule has 0 aliphatic heterocycles. The second-order valence-electron chi connectivity index (χ2n) is 10.7. The van der Waals surface area contributed by atoms with Gasteiger partial charge in [-0.05, 0) is 88.4 Å². The van der Waals surface area contributed by atoms with Crippen molar-refractivity contribution in [2.24, 2.45) is 23.2 Å². The van der Waals surface area contributed by atoms with Gasteiger partial charge in [0.05, 0.1) is 12.2 Å². The Balaban J connectivity index is 1.71. The van der Waals surface area contributed by atoms with Crippen LogP contribution < -0.4 is 0 Å². The van der Waals surface area contributed by atoms with Crippen molar-refractivity contribution < 1.29 is 15.3 Å². The summed E-state index contributed by atoms with van der Waals surface area (Å²) in [6, 6.07) is 0. The van der Waals surface area contributed by atoms with Crippen LogP contribution in [-0.2, 0) is 0 Å². The Kier molecular flexibility index (Phi) is 6.99. The molecule has 0 bridgehead atoms. The number of rotatable bonds is 3. The SMILES string of the molecule is CC(CC#CC(C)(C)O)C1CCC2/C(=C/C=C3/CC(O)C[C@H](O)C3)CCC[C@@]21C. The number of allylic oxidation sites excluding steroid dienone is 3. The fourth-order valence-electron chi connectivity index (χ4n) is 6.32. The number of hydrogen-bond acceptors (Lipinski definition) is 3. The van der Waals surface area contributed by atoms with Crippen LogP contribution >= 0.6 is 0 Å². The summed E-state index contributed by atoms with van der Waals surface area (Å²) in [6.07, 6.45) is 12.7. The molecule has 3 fully saturated rings. The average Bonchev–Trinajstić information content (AvgIpc) is 2.95. The highest BCUT2D eigenvalue weighted by Gasteiger charge is 2.50. The Morgan fingerprint density at radius 2 is 1.86 bits per heavy atom. The third-order valence-electron chi connectivity index (χ3n) is 7.62. The van der Waals surface area contributed by atoms with E-state index in [1.807, 2.05) is 0 Å². The van der Waals surface area contributed by atoms with E-state index in [1.165, 1.54) is 37.7 Å². The molecule has 0 saturated heterocycles. The van der Waals surface area contributed by atoms with Gasteiger partial charge in [0.1, 0.15) is 5.60 Å². The number of fused-ring (bicyclic) bond motifs is 1. The van der Waals surface area contributed by atoms with Crippen LogP contribution in [0.15, 0.2) is 23.3 Å². The van der Waals surface area contributed by atoms with Gasteiger partial charge in [0, 0.05) is 6.42 Å². The van der Waals surface area contributed by atoms with Crippen molar-refractivity contribution in [1.82, 2.24) is 0 Å². The van der Waals surface area contributed by atoms with Gasteiger partial charge in [-0.15, -0.1) is 5.92 Å². The van der Waals surface area contributed by atoms with Crippen molar-refractivity contribution in [3.63, 3.8) is 0 Å². The summed E-state index contributed by atoms with van der Waals surface area (Å²) in [5.41, 5.74) is 2.18. The van der Waals surface area contributed by atoms with Crippen molar-refractivity contribution in [3.05, 3.63) is 23.3 Å². The Morgan fingerprint density at radius 3 is 2.52 bits per heavy atom. The molecule has 0 heterocycles. The lowest BCUT2D eigenvalue weighted by Crippen LogP contribution is -2.36. The number of hydrogen-bond donors (Lipinski definition) is 3. The maximum atomic E-state index is 9.95. The van der Waals surface area contributed by atoms with Crippen molar-refractivity contribution >= 4 is 0 Å². The smallest absolute Gasteiger partial charge is 0.119 e. The first kappa shape index (κ1) is 22.6. The van der Waals surface area contributed by atoms with Crippen LogP contribution in [0.25, 0.3) is 0 Å². The molecule has 3 saturated carbocycles. The highest BCUT2D eigenvalue weighted by Crippen LogP contribution is 2.59. The van der Waals surface area contributed by atoms with Crippen molar-refractivity contribution in [3.8, 4) is 11.8 Å². The van der Waals surface area contributed by atoms with Crippen LogP contribution in [0.3, 0.4) is 0 Å². The van der Waals surface area contributed by atoms with E-state index in [9.17, 15) is 15.3 Å². The summed E-state index contributed by atoms with van der Waals surface area (Å²) in [4.78, 5) is 0. The molecule has 6 atom stereocenters. The molecule has 29 heavy (non-hydrogen) atoms. The van der Waals surface area contributed by atoms with E-state index in [2.05, 4.69) is 37.8 Å². The van der Waals surface area contributed by atoms with Crippen LogP contribution in [0.2, 0.25) is 0 Å². The molecule has 3 N–H and O–H groups in total. The third-order valence-corrected chi connectivity index (χ3v) is 7.62. The molecule has 3 aliphatic carbocycles. The molecule has 0 aromatic heterocycles. The molecule has 3 rings (SSSR count). The summed E-state index contributed by atoms with van der Waals surface area (Å²) >= 11 is 0. The predicted molar refractivity (Wildman–Crippen MR) is 118 cm³/mol. The molecule has 3 aliphatic rings. The van der Waals surface area contributed by atoms with E-state index in [1.54, 1.807) is 19.4 Å². The monoisotopic (exact) mass is 400 g/mol. The Bertz CT molecular complexity index is 690. The maximum Gasteiger partial charge on any atom is 0.119 e. The molecule has 0 aromatic rings. The molecular formula is C26H40O3. The second kappa shape index (κ2) is 8.96. The second-order valence-corrected chi connectivity index (χ2v) is 10.7. The van der Waals surface area contributed by atoms with E-state index in [0.717, 1.165) is 6.42 Å². The normalized spacial score (nSPS) is 39.1. The first-order chi connectivity index (χ1) is 13.6. The topological polar surface area (TPSA) is 60.7 Å². The minimum absolute atomic E-state index is 0.337. The lowest BCUT2D eigenvalue weighted by Gasteiger charge is -2.44. The minimum Gasteiger partial charge on any atom is -0.393 e. The van der Waals surface area contributed by atoms with Gasteiger partial charge in [-0.25, -0.2) is 0 Å². The summed E-state index contributed by atoms with van der Waals surface area (Å²) in [6.45, 7) is 8.31. The number of aliphatic hydroxyl groups excluding tert-OH is 2. The van der Waals surface area contributed by atoms with Gasteiger partial charge in [0.2, 0.25) is 0 Å². The van der Waals surface area contributed by atoms with E-state index >= 15 is 0 Å². The van der Waals surface area contributed by atoms with E-state index in [0.29, 0.717) is 42.4 Å². The largest absolute Gasteiger partial charge is 0.393 e. The summed E-state index contributed by atoms with van der Waals surface area (Å²) in [5.74, 6) is 8.07. The summed E-state index contributed by atoms with van der Waals surface area (Å²) in [7, 11) is 0. The van der Waals surface area contributed by atoms with Crippen LogP contribution in [0, 0.1) is 35.0 Å². The Hall–Kier alpha value is -1.08. The molecule has 3 heteroatoms. The molecular weight excluding hydrogens is 360 g/mol. The van der Waals surface area contributed by atoms with E-state index in [4.69, 9.17) is 0 Å². The van der Waals surface area contributed by atoms with Gasteiger partial charge < -0.3 is 15.3 Å². The van der Waals surface area contributed by atoms with Gasteiger partial charge in [-0.2, -0.15) is 0 Å². The van der Waals surface area contributed by atoms with Gasteiger partial charge in [-0.3, -0.25) is 0 Å². The standard InChI is InChI=1S/C26H40O3/c1-18(7-5-13-25(2,3)29)23-11-12-24-20(8-6-14-26(23,24)4)10-9-19-15-21(27)17-22(28)16-19/h9-10,18,21-24,27-29H,6-8,11-12,14-17H2,1-4H3/b19-9-,20-10+/t18?,21?,22-,23?,24?,26-/m1/s1. The maximum absolute atomic E-state index is 9.95. The van der Waals surface area contributed by atoms with Gasteiger partial charge >= 0.3 is 0 Å². The zero-order valence-corrected chi connectivity index (χ0v) is 18.7. The predicted octanol–water partition coefficient (Wildman–Crippen LogP) is 4.76. The van der Waals surface area contributed by atoms with Crippen molar-refractivity contribution in [2.75, 3.05) is 0 Å². The fourth-order valence-corrected chi connectivity index (χ4v) is 6.32. The molecule has 0 spiro atoms. The van der Waals surface area contributed by atoms with E-state index in [-0.39, 0.29) is 0 Å². The molecule has 3 nitrogen and oxygen atoms in total. The van der Waals surface area contributed by atoms with Gasteiger partial charge in [0.25, 0.3) is 0 Å². The molecule has 0 radical (unpaired) electrons. The zero-order valence-electron chi connectivity index (χ0n) is 18.7. The van der Waals surface area contributed by atoms with E-state index < -0.39 is 17.8 Å². The quantitative estimate of drug-likeness (QED) is 0.599. The van der Waals surface area contributed by atoms with Crippen LogP contribution in [0.4, 0.5) is 0 Å². The van der Waals surface area contributed by atoms with Crippen molar-refractivity contribution in [1.29, 1.82) is 0 Å². The molecule has 162 valence electrons. The molecule has 0 aromatic carbocycles. The Labute approximate surface area is 177 Å². The average molecular weight is 401 g/mol. The highest BCUT2D eigenvalue weighted by atomic mass is 16.3. The Morgan fingerprint density at radius 1 is 1.17 bits per heavy atom. The van der Waals surface area contributed by atoms with Gasteiger partial charge in [-0.1, -0.05) is 43.1 Å². The first-order valence-corrected chi connectivity index (χ1v) is 11.6. The minimum atomic E-state index is -0.906. The third kappa shape index (κ3) is 5.54. The summed E-state index contributed by atoms with van der Waals surface area (Å²) in [5, 5.41) is 29.7. The number of aliphatic hydroxyl groups is 3. The summed E-state index contributed by atoms with van der Waals surface area (Å²) < 4.78 is 0. The fraction of sp³-hybridized carbons (Fsp3) is 0.769. The lowest BCUT2D eigenvalue weighted by atomic mass is 9.61.